The van der Waals surface area contributed by atoms with Gasteiger partial charge in [0.2, 0.25) is 6.79 Å². The van der Waals surface area contributed by atoms with Gasteiger partial charge in [0.1, 0.15) is 0 Å². The van der Waals surface area contributed by atoms with Crippen molar-refractivity contribution in [3.05, 3.63) is 84.4 Å². The van der Waals surface area contributed by atoms with Gasteiger partial charge in [-0.3, -0.25) is 9.36 Å². The first-order valence-corrected chi connectivity index (χ1v) is 11.6. The molecule has 3 aromatic carbocycles. The molecule has 1 aliphatic rings. The second kappa shape index (κ2) is 9.80. The molecule has 1 aliphatic heterocycles. The fraction of sp³-hybridized carbons (Fsp3) is 0.120. The molecule has 0 unspecified atom stereocenters. The average molecular weight is 472 g/mol. The third-order valence-electron chi connectivity index (χ3n) is 5.15. The second-order valence-corrected chi connectivity index (χ2v) is 8.37. The molecule has 1 N–H and O–H groups in total. The van der Waals surface area contributed by atoms with Gasteiger partial charge in [-0.25, -0.2) is 5.43 Å². The van der Waals surface area contributed by atoms with Gasteiger partial charge in [-0.05, 0) is 37.3 Å². The van der Waals surface area contributed by atoms with Crippen LogP contribution < -0.4 is 14.9 Å². The third kappa shape index (κ3) is 4.65. The lowest BCUT2D eigenvalue weighted by molar-refractivity contribution is -0.118. The first-order chi connectivity index (χ1) is 16.7. The number of amides is 1. The number of aromatic nitrogens is 3. The van der Waals surface area contributed by atoms with E-state index in [-0.39, 0.29) is 18.5 Å². The van der Waals surface area contributed by atoms with Crippen molar-refractivity contribution < 1.29 is 14.3 Å². The minimum Gasteiger partial charge on any atom is -0.454 e. The summed E-state index contributed by atoms with van der Waals surface area (Å²) in [6.07, 6.45) is 0. The molecule has 0 saturated heterocycles. The van der Waals surface area contributed by atoms with E-state index < -0.39 is 0 Å². The van der Waals surface area contributed by atoms with Crippen LogP contribution in [0.15, 0.2) is 89.1 Å². The number of nitrogens with one attached hydrogen (secondary N) is 1. The summed E-state index contributed by atoms with van der Waals surface area (Å²) in [5, 5.41) is 13.6. The molecule has 9 heteroatoms. The SMILES string of the molecule is C/C(=N\NC(=O)CSc1nnc(-c2ccccc2)n1-c1ccccc1)c1ccc2c(c1)OCO2. The van der Waals surface area contributed by atoms with Gasteiger partial charge in [0.05, 0.1) is 11.5 Å². The van der Waals surface area contributed by atoms with Crippen molar-refractivity contribution in [3.8, 4) is 28.6 Å². The number of nitrogens with zero attached hydrogens (tertiary/aromatic N) is 4. The Balaban J connectivity index is 1.30. The highest BCUT2D eigenvalue weighted by molar-refractivity contribution is 7.99. The normalized spacial score (nSPS) is 12.6. The Labute approximate surface area is 200 Å². The number of thioether (sulfide) groups is 1. The molecule has 0 atom stereocenters. The number of hydrogen-bond donors (Lipinski definition) is 1. The maximum atomic E-state index is 12.5. The molecule has 34 heavy (non-hydrogen) atoms. The molecule has 1 aromatic heterocycles. The second-order valence-electron chi connectivity index (χ2n) is 7.43. The van der Waals surface area contributed by atoms with Crippen molar-refractivity contribution in [1.82, 2.24) is 20.2 Å². The zero-order valence-electron chi connectivity index (χ0n) is 18.3. The Hall–Kier alpha value is -4.11. The highest BCUT2D eigenvalue weighted by Crippen LogP contribution is 2.32. The summed E-state index contributed by atoms with van der Waals surface area (Å²) < 4.78 is 12.7. The number of benzene rings is 3. The quantitative estimate of drug-likeness (QED) is 0.246. The predicted molar refractivity (Wildman–Crippen MR) is 130 cm³/mol. The van der Waals surface area contributed by atoms with Crippen molar-refractivity contribution in [2.75, 3.05) is 12.5 Å². The van der Waals surface area contributed by atoms with E-state index in [2.05, 4.69) is 20.7 Å². The maximum Gasteiger partial charge on any atom is 0.250 e. The van der Waals surface area contributed by atoms with E-state index in [4.69, 9.17) is 9.47 Å². The van der Waals surface area contributed by atoms with Crippen molar-refractivity contribution in [2.45, 2.75) is 12.1 Å². The summed E-state index contributed by atoms with van der Waals surface area (Å²) in [6.45, 7) is 2.03. The Kier molecular flexibility index (Phi) is 6.26. The molecule has 0 aliphatic carbocycles. The van der Waals surface area contributed by atoms with Crippen molar-refractivity contribution in [2.24, 2.45) is 5.10 Å². The van der Waals surface area contributed by atoms with E-state index >= 15 is 0 Å². The summed E-state index contributed by atoms with van der Waals surface area (Å²) in [6, 6.07) is 25.2. The predicted octanol–water partition coefficient (Wildman–Crippen LogP) is 4.30. The van der Waals surface area contributed by atoms with E-state index in [0.717, 1.165) is 16.8 Å². The fourth-order valence-electron chi connectivity index (χ4n) is 3.44. The van der Waals surface area contributed by atoms with Gasteiger partial charge in [0.25, 0.3) is 5.91 Å². The van der Waals surface area contributed by atoms with Crippen LogP contribution in [-0.2, 0) is 4.79 Å². The van der Waals surface area contributed by atoms with Crippen LogP contribution in [0.5, 0.6) is 11.5 Å². The number of fused-ring (bicyclic) bond motifs is 1. The smallest absolute Gasteiger partial charge is 0.250 e. The maximum absolute atomic E-state index is 12.5. The van der Waals surface area contributed by atoms with E-state index in [0.29, 0.717) is 28.2 Å². The lowest BCUT2D eigenvalue weighted by Gasteiger charge is -2.10. The van der Waals surface area contributed by atoms with Crippen molar-refractivity contribution in [1.29, 1.82) is 0 Å². The molecule has 4 aromatic rings. The van der Waals surface area contributed by atoms with Crippen molar-refractivity contribution >= 4 is 23.4 Å². The Morgan fingerprint density at radius 1 is 1.00 bits per heavy atom. The summed E-state index contributed by atoms with van der Waals surface area (Å²) in [4.78, 5) is 12.5. The number of carbonyl (C=O) groups is 1. The Morgan fingerprint density at radius 3 is 2.53 bits per heavy atom. The van der Waals surface area contributed by atoms with Crippen LogP contribution in [-0.4, -0.2) is 38.9 Å². The number of ether oxygens (including phenoxy) is 2. The first-order valence-electron chi connectivity index (χ1n) is 10.6. The van der Waals surface area contributed by atoms with E-state index in [1.54, 1.807) is 0 Å². The van der Waals surface area contributed by atoms with Gasteiger partial charge in [0.15, 0.2) is 22.5 Å². The molecule has 5 rings (SSSR count). The largest absolute Gasteiger partial charge is 0.454 e. The molecule has 8 nitrogen and oxygen atoms in total. The molecule has 2 heterocycles. The molecule has 170 valence electrons. The first kappa shape index (κ1) is 21.7. The van der Waals surface area contributed by atoms with Crippen LogP contribution in [0.4, 0.5) is 0 Å². The number of rotatable bonds is 7. The van der Waals surface area contributed by atoms with Crippen LogP contribution in [0.25, 0.3) is 17.1 Å². The van der Waals surface area contributed by atoms with E-state index in [1.807, 2.05) is 90.4 Å². The monoisotopic (exact) mass is 471 g/mol. The van der Waals surface area contributed by atoms with Gasteiger partial charge in [0, 0.05) is 16.8 Å². The minimum atomic E-state index is -0.242. The fourth-order valence-corrected chi connectivity index (χ4v) is 4.19. The van der Waals surface area contributed by atoms with Gasteiger partial charge < -0.3 is 9.47 Å². The molecule has 0 radical (unpaired) electrons. The Bertz CT molecular complexity index is 1340. The lowest BCUT2D eigenvalue weighted by atomic mass is 10.1. The summed E-state index contributed by atoms with van der Waals surface area (Å²) in [5.74, 6) is 1.98. The van der Waals surface area contributed by atoms with Gasteiger partial charge >= 0.3 is 0 Å². The van der Waals surface area contributed by atoms with Crippen LogP contribution in [0, 0.1) is 0 Å². The Morgan fingerprint density at radius 2 is 1.74 bits per heavy atom. The topological polar surface area (TPSA) is 90.6 Å². The standard InChI is InChI=1S/C25H21N5O3S/c1-17(19-12-13-21-22(14-19)33-16-32-21)26-27-23(31)15-34-25-29-28-24(18-8-4-2-5-9-18)30(25)20-10-6-3-7-11-20/h2-14H,15-16H2,1H3,(H,27,31)/b26-17+. The minimum absolute atomic E-state index is 0.137. The van der Waals surface area contributed by atoms with Crippen LogP contribution in [0.3, 0.4) is 0 Å². The average Bonchev–Trinajstić information content (AvgIpc) is 3.53. The molecule has 0 fully saturated rings. The third-order valence-corrected chi connectivity index (χ3v) is 6.08. The molecular formula is C25H21N5O3S. The van der Waals surface area contributed by atoms with Crippen LogP contribution >= 0.6 is 11.8 Å². The van der Waals surface area contributed by atoms with E-state index in [9.17, 15) is 4.79 Å². The highest BCUT2D eigenvalue weighted by Gasteiger charge is 2.17. The summed E-state index contributed by atoms with van der Waals surface area (Å²) in [5.41, 5.74) is 5.98. The highest BCUT2D eigenvalue weighted by atomic mass is 32.2. The molecular weight excluding hydrogens is 450 g/mol. The molecule has 0 spiro atoms. The van der Waals surface area contributed by atoms with Gasteiger partial charge in [-0.1, -0.05) is 60.3 Å². The summed E-state index contributed by atoms with van der Waals surface area (Å²) in [7, 11) is 0. The van der Waals surface area contributed by atoms with Gasteiger partial charge in [-0.2, -0.15) is 5.10 Å². The number of para-hydroxylation sites is 1. The van der Waals surface area contributed by atoms with Crippen LogP contribution in [0.1, 0.15) is 12.5 Å². The number of hydrazone groups is 1. The van der Waals surface area contributed by atoms with Crippen molar-refractivity contribution in [3.63, 3.8) is 0 Å². The number of carbonyl (C=O) groups excluding carboxylic acids is 1. The zero-order chi connectivity index (χ0) is 23.3. The number of hydrogen-bond acceptors (Lipinski definition) is 7. The summed E-state index contributed by atoms with van der Waals surface area (Å²) >= 11 is 1.30. The van der Waals surface area contributed by atoms with E-state index in [1.165, 1.54) is 11.8 Å². The molecule has 0 saturated carbocycles. The van der Waals surface area contributed by atoms with Crippen LogP contribution in [0.2, 0.25) is 0 Å². The molecule has 0 bridgehead atoms. The zero-order valence-corrected chi connectivity index (χ0v) is 19.2. The lowest BCUT2D eigenvalue weighted by Crippen LogP contribution is -2.21. The molecule has 1 amide bonds. The van der Waals surface area contributed by atoms with Gasteiger partial charge in [-0.15, -0.1) is 10.2 Å².